The summed E-state index contributed by atoms with van der Waals surface area (Å²) in [5.41, 5.74) is 7.71. The molecule has 0 radical (unpaired) electrons. The Hall–Kier alpha value is -2.96. The number of carbonyl (C=O) groups is 1. The number of hydrogen-bond acceptors (Lipinski definition) is 4. The number of nitrogens with zero attached hydrogens (tertiary/aromatic N) is 3. The van der Waals surface area contributed by atoms with Crippen molar-refractivity contribution >= 4 is 28.4 Å². The summed E-state index contributed by atoms with van der Waals surface area (Å²) in [7, 11) is 0. The molecule has 1 aliphatic rings. The molecule has 0 aliphatic heterocycles. The molecular formula is C20H24N5O2+. The Balaban J connectivity index is 2.07. The summed E-state index contributed by atoms with van der Waals surface area (Å²) >= 11 is 0. The summed E-state index contributed by atoms with van der Waals surface area (Å²) in [4.78, 5) is 30.5. The van der Waals surface area contributed by atoms with E-state index in [9.17, 15) is 9.59 Å². The highest BCUT2D eigenvalue weighted by molar-refractivity contribution is 6.00. The average Bonchev–Trinajstić information content (AvgIpc) is 3.15. The van der Waals surface area contributed by atoms with E-state index in [2.05, 4.69) is 5.32 Å². The molecule has 3 N–H and O–H groups in total. The van der Waals surface area contributed by atoms with Crippen molar-refractivity contribution < 1.29 is 9.36 Å². The maximum atomic E-state index is 13.1. The van der Waals surface area contributed by atoms with E-state index in [1.165, 1.54) is 4.40 Å². The van der Waals surface area contributed by atoms with Crippen LogP contribution in [0.2, 0.25) is 0 Å². The van der Waals surface area contributed by atoms with Gasteiger partial charge in [0.2, 0.25) is 11.5 Å². The fourth-order valence-electron chi connectivity index (χ4n) is 3.92. The van der Waals surface area contributed by atoms with Crippen molar-refractivity contribution in [2.45, 2.75) is 51.6 Å². The summed E-state index contributed by atoms with van der Waals surface area (Å²) in [6.45, 7) is 3.79. The Bertz CT molecular complexity index is 1100. The van der Waals surface area contributed by atoms with Crippen molar-refractivity contribution in [3.05, 3.63) is 46.4 Å². The molecule has 0 spiro atoms. The van der Waals surface area contributed by atoms with Gasteiger partial charge in [-0.25, -0.2) is 4.57 Å². The molecule has 140 valence electrons. The highest BCUT2D eigenvalue weighted by Crippen LogP contribution is 2.28. The fourth-order valence-corrected chi connectivity index (χ4v) is 3.92. The highest BCUT2D eigenvalue weighted by Gasteiger charge is 2.30. The molecular weight excluding hydrogens is 342 g/mol. The van der Waals surface area contributed by atoms with Crippen LogP contribution in [0.25, 0.3) is 16.7 Å². The number of nitrogen functional groups attached to an aromatic ring is 1. The molecule has 1 fully saturated rings. The van der Waals surface area contributed by atoms with Gasteiger partial charge in [-0.05, 0) is 57.7 Å². The van der Waals surface area contributed by atoms with Gasteiger partial charge in [0.1, 0.15) is 10.9 Å². The highest BCUT2D eigenvalue weighted by atomic mass is 16.2. The smallest absolute Gasteiger partial charge is 0.278 e. The van der Waals surface area contributed by atoms with Crippen molar-refractivity contribution in [2.24, 2.45) is 0 Å². The summed E-state index contributed by atoms with van der Waals surface area (Å²) in [5.74, 6) is 0.105. The van der Waals surface area contributed by atoms with Gasteiger partial charge in [-0.3, -0.25) is 14.0 Å². The number of amides is 1. The molecule has 3 heterocycles. The van der Waals surface area contributed by atoms with Gasteiger partial charge in [0, 0.05) is 12.2 Å². The number of rotatable bonds is 3. The second-order valence-electron chi connectivity index (χ2n) is 7.46. The quantitative estimate of drug-likeness (QED) is 0.547. The van der Waals surface area contributed by atoms with Gasteiger partial charge >= 0.3 is 0 Å². The van der Waals surface area contributed by atoms with Gasteiger partial charge < -0.3 is 11.1 Å². The van der Waals surface area contributed by atoms with Gasteiger partial charge in [0.05, 0.1) is 6.04 Å². The normalized spacial score (nSPS) is 15.1. The SMILES string of the molecule is CC(C)NC(=O)c1cc2c(=O)n3ccccc3nc2[n+](C2CCCC2)c1N. The van der Waals surface area contributed by atoms with Crippen LogP contribution in [-0.2, 0) is 0 Å². The van der Waals surface area contributed by atoms with Crippen LogP contribution in [0.3, 0.4) is 0 Å². The van der Waals surface area contributed by atoms with Crippen molar-refractivity contribution in [1.82, 2.24) is 14.7 Å². The Morgan fingerprint density at radius 3 is 2.78 bits per heavy atom. The summed E-state index contributed by atoms with van der Waals surface area (Å²) < 4.78 is 3.41. The van der Waals surface area contributed by atoms with Crippen LogP contribution in [0.1, 0.15) is 55.9 Å². The molecule has 7 nitrogen and oxygen atoms in total. The number of hydrogen-bond donors (Lipinski definition) is 2. The first-order valence-electron chi connectivity index (χ1n) is 9.43. The fraction of sp³-hybridized carbons (Fsp3) is 0.400. The Morgan fingerprint density at radius 2 is 2.07 bits per heavy atom. The minimum absolute atomic E-state index is 0.0247. The Morgan fingerprint density at radius 1 is 1.33 bits per heavy atom. The van der Waals surface area contributed by atoms with Crippen LogP contribution in [0.15, 0.2) is 35.3 Å². The number of anilines is 1. The van der Waals surface area contributed by atoms with E-state index in [-0.39, 0.29) is 23.6 Å². The summed E-state index contributed by atoms with van der Waals surface area (Å²) in [6.07, 6.45) is 5.83. The predicted octanol–water partition coefficient (Wildman–Crippen LogP) is 1.97. The molecule has 3 aromatic heterocycles. The number of aromatic nitrogens is 3. The lowest BCUT2D eigenvalue weighted by atomic mass is 10.1. The van der Waals surface area contributed by atoms with Crippen molar-refractivity contribution in [3.63, 3.8) is 0 Å². The lowest BCUT2D eigenvalue weighted by Gasteiger charge is -2.17. The third kappa shape index (κ3) is 2.93. The molecule has 0 unspecified atom stereocenters. The lowest BCUT2D eigenvalue weighted by Crippen LogP contribution is -2.46. The maximum absolute atomic E-state index is 13.1. The Labute approximate surface area is 156 Å². The minimum Gasteiger partial charge on any atom is -0.350 e. The van der Waals surface area contributed by atoms with Crippen LogP contribution >= 0.6 is 0 Å². The molecule has 0 atom stereocenters. The molecule has 27 heavy (non-hydrogen) atoms. The molecule has 1 saturated carbocycles. The molecule has 0 aromatic carbocycles. The third-order valence-corrected chi connectivity index (χ3v) is 5.16. The molecule has 0 bridgehead atoms. The first-order valence-corrected chi connectivity index (χ1v) is 9.43. The van der Waals surface area contributed by atoms with Crippen molar-refractivity contribution in [1.29, 1.82) is 0 Å². The third-order valence-electron chi connectivity index (χ3n) is 5.16. The van der Waals surface area contributed by atoms with E-state index < -0.39 is 0 Å². The van der Waals surface area contributed by atoms with E-state index in [1.807, 2.05) is 24.5 Å². The van der Waals surface area contributed by atoms with E-state index in [4.69, 9.17) is 10.7 Å². The maximum Gasteiger partial charge on any atom is 0.278 e. The number of nitrogens with one attached hydrogen (secondary N) is 1. The number of nitrogens with two attached hydrogens (primary N) is 1. The van der Waals surface area contributed by atoms with Gasteiger partial charge in [-0.1, -0.05) is 11.1 Å². The largest absolute Gasteiger partial charge is 0.350 e. The second-order valence-corrected chi connectivity index (χ2v) is 7.46. The number of fused-ring (bicyclic) bond motifs is 2. The number of pyridine rings is 2. The predicted molar refractivity (Wildman–Crippen MR) is 104 cm³/mol. The first-order chi connectivity index (χ1) is 13.0. The molecule has 1 aliphatic carbocycles. The van der Waals surface area contributed by atoms with Crippen LogP contribution < -0.4 is 21.2 Å². The minimum atomic E-state index is -0.270. The van der Waals surface area contributed by atoms with Gasteiger partial charge in [-0.2, -0.15) is 0 Å². The molecule has 0 saturated heterocycles. The molecule has 1 amide bonds. The van der Waals surface area contributed by atoms with Gasteiger partial charge in [0.15, 0.2) is 0 Å². The molecule has 3 aromatic rings. The van der Waals surface area contributed by atoms with Crippen LogP contribution in [0.4, 0.5) is 5.82 Å². The second kappa shape index (κ2) is 6.64. The number of carbonyl (C=O) groups excluding carboxylic acids is 1. The van der Waals surface area contributed by atoms with E-state index >= 15 is 0 Å². The standard InChI is InChI=1S/C20H23N5O2/c1-12(2)22-19(26)14-11-15-18(25(17(14)21)13-7-3-4-8-13)23-16-9-5-6-10-24(16)20(15)27/h5-6,9-13,21H,3-4,7-8H2,1-2H3,(H,22,26)/p+1. The topological polar surface area (TPSA) is 93.4 Å². The summed E-state index contributed by atoms with van der Waals surface area (Å²) in [6, 6.07) is 7.15. The monoisotopic (exact) mass is 366 g/mol. The van der Waals surface area contributed by atoms with Crippen LogP contribution in [0, 0.1) is 0 Å². The Kier molecular flexibility index (Phi) is 4.30. The van der Waals surface area contributed by atoms with E-state index in [1.54, 1.807) is 24.4 Å². The van der Waals surface area contributed by atoms with Gasteiger partial charge in [-0.15, -0.1) is 0 Å². The van der Waals surface area contributed by atoms with E-state index in [0.29, 0.717) is 28.1 Å². The zero-order valence-electron chi connectivity index (χ0n) is 15.6. The van der Waals surface area contributed by atoms with Crippen molar-refractivity contribution in [2.75, 3.05) is 5.73 Å². The van der Waals surface area contributed by atoms with E-state index in [0.717, 1.165) is 25.7 Å². The average molecular weight is 366 g/mol. The summed E-state index contributed by atoms with van der Waals surface area (Å²) in [5, 5.41) is 3.29. The molecule has 4 rings (SSSR count). The lowest BCUT2D eigenvalue weighted by molar-refractivity contribution is -0.685. The zero-order chi connectivity index (χ0) is 19.1. The first kappa shape index (κ1) is 17.5. The molecule has 7 heteroatoms. The van der Waals surface area contributed by atoms with Gasteiger partial charge in [0.25, 0.3) is 17.1 Å². The van der Waals surface area contributed by atoms with Crippen molar-refractivity contribution in [3.8, 4) is 0 Å². The van der Waals surface area contributed by atoms with Crippen LogP contribution in [0.5, 0.6) is 0 Å². The zero-order valence-corrected chi connectivity index (χ0v) is 15.6. The van der Waals surface area contributed by atoms with Crippen LogP contribution in [-0.4, -0.2) is 21.3 Å².